The minimum atomic E-state index is -4.35. The number of rotatable bonds is 4. The average Bonchev–Trinajstić information content (AvgIpc) is 2.89. The first-order valence-corrected chi connectivity index (χ1v) is 8.55. The van der Waals surface area contributed by atoms with Gasteiger partial charge < -0.3 is 4.57 Å². The summed E-state index contributed by atoms with van der Waals surface area (Å²) in [6, 6.07) is 14.2. The van der Waals surface area contributed by atoms with E-state index in [2.05, 4.69) is 15.1 Å². The number of alkyl halides is 3. The van der Waals surface area contributed by atoms with Gasteiger partial charge in [0.15, 0.2) is 0 Å². The molecule has 3 aromatic rings. The number of anilines is 1. The van der Waals surface area contributed by atoms with Gasteiger partial charge >= 0.3 is 6.18 Å². The third-order valence-corrected chi connectivity index (χ3v) is 4.42. The van der Waals surface area contributed by atoms with Crippen LogP contribution in [-0.4, -0.2) is 10.8 Å². The second-order valence-corrected chi connectivity index (χ2v) is 6.52. The van der Waals surface area contributed by atoms with E-state index in [0.717, 1.165) is 34.8 Å². The summed E-state index contributed by atoms with van der Waals surface area (Å²) in [4.78, 5) is 0. The van der Waals surface area contributed by atoms with Crippen molar-refractivity contribution in [1.82, 2.24) is 4.57 Å². The van der Waals surface area contributed by atoms with Gasteiger partial charge in [0.05, 0.1) is 17.5 Å². The molecule has 0 saturated heterocycles. The Kier molecular flexibility index (Phi) is 5.28. The van der Waals surface area contributed by atoms with Crippen LogP contribution in [0.25, 0.3) is 5.69 Å². The van der Waals surface area contributed by atoms with Gasteiger partial charge in [-0.15, -0.1) is 0 Å². The molecule has 0 radical (unpaired) electrons. The molecule has 0 amide bonds. The Hall–Kier alpha value is -2.73. The molecule has 0 atom stereocenters. The van der Waals surface area contributed by atoms with E-state index in [0.29, 0.717) is 10.7 Å². The lowest BCUT2D eigenvalue weighted by Crippen LogP contribution is -2.04. The fourth-order valence-corrected chi connectivity index (χ4v) is 2.94. The Balaban J connectivity index is 1.76. The van der Waals surface area contributed by atoms with Crippen LogP contribution in [0.1, 0.15) is 22.5 Å². The van der Waals surface area contributed by atoms with E-state index >= 15 is 0 Å². The smallest absolute Gasteiger partial charge is 0.318 e. The topological polar surface area (TPSA) is 29.3 Å². The van der Waals surface area contributed by atoms with Crippen LogP contribution in [0.2, 0.25) is 5.02 Å². The van der Waals surface area contributed by atoms with Gasteiger partial charge in [-0.05, 0) is 68.4 Å². The van der Waals surface area contributed by atoms with Crippen LogP contribution >= 0.6 is 11.6 Å². The Morgan fingerprint density at radius 3 is 2.22 bits per heavy atom. The summed E-state index contributed by atoms with van der Waals surface area (Å²) in [7, 11) is 0. The van der Waals surface area contributed by atoms with Crippen LogP contribution in [0, 0.1) is 13.8 Å². The zero-order chi connectivity index (χ0) is 19.6. The molecule has 0 aliphatic rings. The van der Waals surface area contributed by atoms with Crippen molar-refractivity contribution in [3.05, 3.63) is 82.1 Å². The molecule has 140 valence electrons. The van der Waals surface area contributed by atoms with Crippen LogP contribution in [0.4, 0.5) is 18.9 Å². The van der Waals surface area contributed by atoms with E-state index in [1.807, 2.05) is 44.2 Å². The third-order valence-electron chi connectivity index (χ3n) is 4.16. The Bertz CT molecular complexity index is 956. The maximum atomic E-state index is 12.6. The number of hydrazone groups is 1. The summed E-state index contributed by atoms with van der Waals surface area (Å²) in [5, 5.41) is 4.81. The average molecular weight is 392 g/mol. The van der Waals surface area contributed by atoms with Crippen molar-refractivity contribution in [3.8, 4) is 5.69 Å². The largest absolute Gasteiger partial charge is 0.416 e. The fraction of sp³-hybridized carbons (Fsp3) is 0.150. The highest BCUT2D eigenvalue weighted by Gasteiger charge is 2.29. The van der Waals surface area contributed by atoms with Gasteiger partial charge in [0.25, 0.3) is 0 Å². The summed E-state index contributed by atoms with van der Waals surface area (Å²) in [6.07, 6.45) is -2.70. The molecule has 0 spiro atoms. The maximum absolute atomic E-state index is 12.6. The van der Waals surface area contributed by atoms with Gasteiger partial charge in [0.2, 0.25) is 0 Å². The highest BCUT2D eigenvalue weighted by atomic mass is 35.5. The highest BCUT2D eigenvalue weighted by molar-refractivity contribution is 6.30. The summed E-state index contributed by atoms with van der Waals surface area (Å²) in [6.45, 7) is 3.96. The first-order chi connectivity index (χ1) is 12.8. The number of halogens is 4. The molecule has 0 saturated carbocycles. The van der Waals surface area contributed by atoms with E-state index in [9.17, 15) is 13.2 Å². The van der Waals surface area contributed by atoms with Crippen LogP contribution in [0.3, 0.4) is 0 Å². The number of nitrogens with one attached hydrogen (secondary N) is 1. The number of benzene rings is 2. The summed E-state index contributed by atoms with van der Waals surface area (Å²) < 4.78 is 39.8. The van der Waals surface area contributed by atoms with Crippen molar-refractivity contribution in [1.29, 1.82) is 0 Å². The summed E-state index contributed by atoms with van der Waals surface area (Å²) in [5.74, 6) is 0. The minimum absolute atomic E-state index is 0.478. The first kappa shape index (κ1) is 19.0. The predicted octanol–water partition coefficient (Wildman–Crippen LogP) is 6.21. The molecule has 7 heteroatoms. The third kappa shape index (κ3) is 4.34. The molecule has 0 unspecified atom stereocenters. The van der Waals surface area contributed by atoms with Gasteiger partial charge in [-0.25, -0.2) is 0 Å². The zero-order valence-electron chi connectivity index (χ0n) is 14.7. The molecule has 3 rings (SSSR count). The normalized spacial score (nSPS) is 11.9. The number of nitrogens with zero attached hydrogens (tertiary/aromatic N) is 2. The highest BCUT2D eigenvalue weighted by Crippen LogP contribution is 2.29. The second-order valence-electron chi connectivity index (χ2n) is 6.08. The van der Waals surface area contributed by atoms with Crippen molar-refractivity contribution in [2.75, 3.05) is 5.43 Å². The standard InChI is InChI=1S/C20H17ClF3N3/c1-13-11-15(14(2)27(13)19-9-5-17(21)6-10-19)12-25-26-18-7-3-16(4-8-18)20(22,23)24/h3-12,26H,1-2H3/b25-12-. The van der Waals surface area contributed by atoms with Crippen LogP contribution < -0.4 is 5.43 Å². The lowest BCUT2D eigenvalue weighted by molar-refractivity contribution is -0.137. The summed E-state index contributed by atoms with van der Waals surface area (Å²) in [5.41, 5.74) is 6.46. The van der Waals surface area contributed by atoms with Gasteiger partial charge in [0.1, 0.15) is 0 Å². The molecule has 2 aromatic carbocycles. The van der Waals surface area contributed by atoms with Crippen LogP contribution in [0.15, 0.2) is 59.7 Å². The zero-order valence-corrected chi connectivity index (χ0v) is 15.4. The van der Waals surface area contributed by atoms with Crippen LogP contribution in [-0.2, 0) is 6.18 Å². The van der Waals surface area contributed by atoms with Crippen molar-refractivity contribution in [2.24, 2.45) is 5.10 Å². The fourth-order valence-electron chi connectivity index (χ4n) is 2.82. The van der Waals surface area contributed by atoms with Gasteiger partial charge in [-0.3, -0.25) is 5.43 Å². The van der Waals surface area contributed by atoms with E-state index in [1.165, 1.54) is 12.1 Å². The molecule has 1 aromatic heterocycles. The molecular formula is C20H17ClF3N3. The van der Waals surface area contributed by atoms with Gasteiger partial charge in [-0.2, -0.15) is 18.3 Å². The molecule has 1 N–H and O–H groups in total. The minimum Gasteiger partial charge on any atom is -0.318 e. The second kappa shape index (κ2) is 7.48. The number of hydrogen-bond acceptors (Lipinski definition) is 2. The molecule has 1 heterocycles. The predicted molar refractivity (Wildman–Crippen MR) is 103 cm³/mol. The molecular weight excluding hydrogens is 375 g/mol. The van der Waals surface area contributed by atoms with Crippen molar-refractivity contribution >= 4 is 23.5 Å². The van der Waals surface area contributed by atoms with E-state index < -0.39 is 11.7 Å². The SMILES string of the molecule is Cc1cc(/C=N\Nc2ccc(C(F)(F)F)cc2)c(C)n1-c1ccc(Cl)cc1. The quantitative estimate of drug-likeness (QED) is 0.415. The van der Waals surface area contributed by atoms with Gasteiger partial charge in [-0.1, -0.05) is 11.6 Å². The Morgan fingerprint density at radius 1 is 1.00 bits per heavy atom. The molecule has 0 fully saturated rings. The number of aryl methyl sites for hydroxylation is 1. The van der Waals surface area contributed by atoms with Crippen molar-refractivity contribution in [2.45, 2.75) is 20.0 Å². The lowest BCUT2D eigenvalue weighted by atomic mass is 10.2. The molecule has 27 heavy (non-hydrogen) atoms. The first-order valence-electron chi connectivity index (χ1n) is 8.17. The molecule has 0 aliphatic carbocycles. The van der Waals surface area contributed by atoms with E-state index in [-0.39, 0.29) is 0 Å². The maximum Gasteiger partial charge on any atom is 0.416 e. The van der Waals surface area contributed by atoms with Gasteiger partial charge in [0, 0.05) is 27.7 Å². The van der Waals surface area contributed by atoms with Crippen LogP contribution in [0.5, 0.6) is 0 Å². The number of aromatic nitrogens is 1. The molecule has 0 aliphatic heterocycles. The van der Waals surface area contributed by atoms with E-state index in [1.54, 1.807) is 6.21 Å². The molecule has 0 bridgehead atoms. The van der Waals surface area contributed by atoms with Crippen molar-refractivity contribution in [3.63, 3.8) is 0 Å². The summed E-state index contributed by atoms with van der Waals surface area (Å²) >= 11 is 5.94. The molecule has 3 nitrogen and oxygen atoms in total. The Labute approximate surface area is 160 Å². The van der Waals surface area contributed by atoms with E-state index in [4.69, 9.17) is 11.6 Å². The number of hydrogen-bond donors (Lipinski definition) is 1. The Morgan fingerprint density at radius 2 is 1.63 bits per heavy atom. The monoisotopic (exact) mass is 391 g/mol. The van der Waals surface area contributed by atoms with Crippen molar-refractivity contribution < 1.29 is 13.2 Å². The lowest BCUT2D eigenvalue weighted by Gasteiger charge is -2.09.